The van der Waals surface area contributed by atoms with E-state index in [2.05, 4.69) is 3.63 Å². The van der Waals surface area contributed by atoms with Gasteiger partial charge in [-0.05, 0) is 30.2 Å². The molecule has 0 atom stereocenters. The molecule has 0 saturated carbocycles. The zero-order valence-electron chi connectivity index (χ0n) is 15.1. The van der Waals surface area contributed by atoms with Crippen molar-refractivity contribution in [1.82, 2.24) is 0 Å². The van der Waals surface area contributed by atoms with Crippen LogP contribution >= 0.6 is 10.3 Å². The van der Waals surface area contributed by atoms with E-state index < -0.39 is 61.2 Å². The summed E-state index contributed by atoms with van der Waals surface area (Å²) in [4.78, 5) is 0. The Bertz CT molecular complexity index is 887. The van der Waals surface area contributed by atoms with E-state index >= 15 is 0 Å². The molecule has 0 unspecified atom stereocenters. The molecule has 0 aliphatic carbocycles. The number of alkyl halides is 12. The lowest BCUT2D eigenvalue weighted by Crippen LogP contribution is -2.63. The molecule has 0 amide bonds. The largest absolute Gasteiger partial charge is 0.460 e. The van der Waals surface area contributed by atoms with Crippen LogP contribution in [0.3, 0.4) is 0 Å². The Balaban J connectivity index is 3.21. The molecule has 1 rings (SSSR count). The Kier molecular flexibility index (Phi) is 7.05. The average molecular weight is 520 g/mol. The molecule has 0 aliphatic heterocycles. The summed E-state index contributed by atoms with van der Waals surface area (Å²) in [5.41, 5.74) is -1.29. The minimum Gasteiger partial charge on any atom is -0.215 e. The lowest BCUT2D eigenvalue weighted by Gasteiger charge is -2.36. The van der Waals surface area contributed by atoms with E-state index in [4.69, 9.17) is 0 Å². The number of benzene rings is 1. The standard InChI is InChI=1S/C14H12F12O3S2/c1-30(2,7-8-3-5-9(6-4-8)10(15,16)17)29-31(27,28)14(25,26)12(20,21)11(18,19)13(22,23)24/h3-6H,7H2,1-2H3. The van der Waals surface area contributed by atoms with Crippen LogP contribution in [0, 0.1) is 0 Å². The van der Waals surface area contributed by atoms with Gasteiger partial charge < -0.3 is 0 Å². The van der Waals surface area contributed by atoms with Gasteiger partial charge in [0, 0.05) is 5.75 Å². The van der Waals surface area contributed by atoms with E-state index in [1.165, 1.54) is 0 Å². The second kappa shape index (κ2) is 7.90. The van der Waals surface area contributed by atoms with Crippen LogP contribution in [0.4, 0.5) is 52.7 Å². The molecule has 0 spiro atoms. The molecule has 0 saturated heterocycles. The molecule has 3 nitrogen and oxygen atoms in total. The van der Waals surface area contributed by atoms with Crippen molar-refractivity contribution < 1.29 is 64.7 Å². The van der Waals surface area contributed by atoms with Gasteiger partial charge in [0.25, 0.3) is 0 Å². The summed E-state index contributed by atoms with van der Waals surface area (Å²) >= 11 is 0. The second-order valence-corrected chi connectivity index (χ2v) is 11.6. The second-order valence-electron chi connectivity index (χ2n) is 6.46. The van der Waals surface area contributed by atoms with Crippen molar-refractivity contribution in [3.63, 3.8) is 0 Å². The van der Waals surface area contributed by atoms with Crippen LogP contribution in [0.15, 0.2) is 24.3 Å². The number of rotatable bonds is 7. The van der Waals surface area contributed by atoms with Crippen LogP contribution in [-0.4, -0.2) is 44.2 Å². The first-order valence-corrected chi connectivity index (χ1v) is 11.4. The molecule has 0 fully saturated rings. The molecule has 0 heterocycles. The average Bonchev–Trinajstić information content (AvgIpc) is 2.51. The Morgan fingerprint density at radius 3 is 1.52 bits per heavy atom. The third-order valence-corrected chi connectivity index (χ3v) is 7.60. The Hall–Kier alpha value is -1.36. The Labute approximate surface area is 169 Å². The van der Waals surface area contributed by atoms with Crippen molar-refractivity contribution in [1.29, 1.82) is 0 Å². The van der Waals surface area contributed by atoms with Gasteiger partial charge in [0.05, 0.1) is 5.56 Å². The van der Waals surface area contributed by atoms with Crippen LogP contribution in [0.2, 0.25) is 0 Å². The smallest absolute Gasteiger partial charge is 0.215 e. The lowest BCUT2D eigenvalue weighted by atomic mass is 10.1. The summed E-state index contributed by atoms with van der Waals surface area (Å²) in [5, 5.41) is -7.01. The minimum absolute atomic E-state index is 0.154. The van der Waals surface area contributed by atoms with Crippen molar-refractivity contribution >= 4 is 20.4 Å². The highest BCUT2D eigenvalue weighted by molar-refractivity contribution is 8.31. The fourth-order valence-corrected chi connectivity index (χ4v) is 5.93. The van der Waals surface area contributed by atoms with Crippen LogP contribution in [-0.2, 0) is 25.7 Å². The highest BCUT2D eigenvalue weighted by Crippen LogP contribution is 2.57. The normalized spacial score (nSPS) is 15.8. The number of hydrogen-bond donors (Lipinski definition) is 0. The predicted octanol–water partition coefficient (Wildman–Crippen LogP) is 5.96. The van der Waals surface area contributed by atoms with Gasteiger partial charge >= 0.3 is 39.6 Å². The number of halogens is 12. The third kappa shape index (κ3) is 5.35. The highest BCUT2D eigenvalue weighted by Gasteiger charge is 2.86. The topological polar surface area (TPSA) is 43.4 Å². The summed E-state index contributed by atoms with van der Waals surface area (Å²) in [6.45, 7) is 0. The van der Waals surface area contributed by atoms with Crippen molar-refractivity contribution in [3.8, 4) is 0 Å². The third-order valence-electron chi connectivity index (χ3n) is 3.50. The van der Waals surface area contributed by atoms with E-state index in [1.54, 1.807) is 0 Å². The molecular weight excluding hydrogens is 508 g/mol. The first-order chi connectivity index (χ1) is 13.4. The molecule has 1 aromatic carbocycles. The van der Waals surface area contributed by atoms with Gasteiger partial charge in [0.15, 0.2) is 0 Å². The summed E-state index contributed by atoms with van der Waals surface area (Å²) in [6, 6.07) is 2.59. The van der Waals surface area contributed by atoms with E-state index in [1.807, 2.05) is 0 Å². The molecule has 182 valence electrons. The van der Waals surface area contributed by atoms with Gasteiger partial charge in [-0.3, -0.25) is 0 Å². The van der Waals surface area contributed by atoms with Crippen LogP contribution in [0.5, 0.6) is 0 Å². The van der Waals surface area contributed by atoms with Crippen molar-refractivity contribution in [2.24, 2.45) is 0 Å². The first kappa shape index (κ1) is 27.7. The van der Waals surface area contributed by atoms with Crippen LogP contribution in [0.25, 0.3) is 0 Å². The van der Waals surface area contributed by atoms with Crippen molar-refractivity contribution in [2.75, 3.05) is 12.5 Å². The van der Waals surface area contributed by atoms with E-state index in [0.717, 1.165) is 24.6 Å². The van der Waals surface area contributed by atoms with E-state index in [9.17, 15) is 61.1 Å². The zero-order valence-corrected chi connectivity index (χ0v) is 16.7. The van der Waals surface area contributed by atoms with Crippen molar-refractivity contribution in [3.05, 3.63) is 35.4 Å². The quantitative estimate of drug-likeness (QED) is 0.417. The molecule has 1 aromatic rings. The Morgan fingerprint density at radius 1 is 0.742 bits per heavy atom. The minimum atomic E-state index is -7.44. The van der Waals surface area contributed by atoms with Gasteiger partial charge in [0.2, 0.25) is 0 Å². The lowest BCUT2D eigenvalue weighted by molar-refractivity contribution is -0.382. The fraction of sp³-hybridized carbons (Fsp3) is 0.571. The maximum Gasteiger partial charge on any atom is 0.460 e. The fourth-order valence-electron chi connectivity index (χ4n) is 2.02. The summed E-state index contributed by atoms with van der Waals surface area (Å²) in [6.07, 6.45) is -10.5. The molecule has 0 radical (unpaired) electrons. The maximum atomic E-state index is 13.7. The highest BCUT2D eigenvalue weighted by atomic mass is 32.3. The molecule has 31 heavy (non-hydrogen) atoms. The van der Waals surface area contributed by atoms with Gasteiger partial charge in [-0.15, -0.1) is 10.3 Å². The van der Waals surface area contributed by atoms with Crippen LogP contribution in [0.1, 0.15) is 11.1 Å². The molecule has 0 aromatic heterocycles. The van der Waals surface area contributed by atoms with E-state index in [-0.39, 0.29) is 5.56 Å². The van der Waals surface area contributed by atoms with Crippen molar-refractivity contribution in [2.45, 2.75) is 35.2 Å². The number of hydrogen-bond acceptors (Lipinski definition) is 3. The SMILES string of the molecule is CS(C)(Cc1ccc(C(F)(F)F)cc1)OS(=O)(=O)C(F)(F)C(F)(F)C(F)(F)C(F)(F)F. The van der Waals surface area contributed by atoms with Crippen LogP contribution < -0.4 is 0 Å². The zero-order chi connectivity index (χ0) is 24.9. The molecule has 17 heteroatoms. The molecule has 0 aliphatic rings. The van der Waals surface area contributed by atoms with Gasteiger partial charge in [-0.25, -0.2) is 3.63 Å². The Morgan fingerprint density at radius 2 is 1.16 bits per heavy atom. The summed E-state index contributed by atoms with van der Waals surface area (Å²) in [5.74, 6) is -15.6. The van der Waals surface area contributed by atoms with Gasteiger partial charge in [0.1, 0.15) is 0 Å². The maximum absolute atomic E-state index is 13.7. The van der Waals surface area contributed by atoms with Gasteiger partial charge in [-0.1, -0.05) is 12.1 Å². The summed E-state index contributed by atoms with van der Waals surface area (Å²) < 4.78 is 181. The monoisotopic (exact) mass is 520 g/mol. The predicted molar refractivity (Wildman–Crippen MR) is 85.5 cm³/mol. The first-order valence-electron chi connectivity index (χ1n) is 7.42. The van der Waals surface area contributed by atoms with Gasteiger partial charge in [-0.2, -0.15) is 61.1 Å². The van der Waals surface area contributed by atoms with E-state index in [0.29, 0.717) is 12.1 Å². The molecule has 0 bridgehead atoms. The molecule has 0 N–H and O–H groups in total. The molecular formula is C14H12F12O3S2. The summed E-state index contributed by atoms with van der Waals surface area (Å²) in [7, 11) is -10.6.